The minimum absolute atomic E-state index is 0.00564. The Balaban J connectivity index is 1.71. The van der Waals surface area contributed by atoms with Crippen LogP contribution in [-0.2, 0) is 16.1 Å². The molecule has 1 fully saturated rings. The van der Waals surface area contributed by atoms with Crippen LogP contribution in [0.2, 0.25) is 0 Å². The van der Waals surface area contributed by atoms with Crippen molar-refractivity contribution in [2.75, 3.05) is 19.6 Å². The van der Waals surface area contributed by atoms with Crippen LogP contribution >= 0.6 is 0 Å². The van der Waals surface area contributed by atoms with Gasteiger partial charge in [0, 0.05) is 25.5 Å². The van der Waals surface area contributed by atoms with E-state index in [-0.39, 0.29) is 24.9 Å². The summed E-state index contributed by atoms with van der Waals surface area (Å²) >= 11 is 0. The summed E-state index contributed by atoms with van der Waals surface area (Å²) in [6, 6.07) is 12.4. The van der Waals surface area contributed by atoms with Crippen molar-refractivity contribution in [1.29, 1.82) is 0 Å². The smallest absolute Gasteiger partial charge is 0.326 e. The van der Waals surface area contributed by atoms with Crippen LogP contribution in [0.15, 0.2) is 54.9 Å². The molecule has 1 saturated heterocycles. The maximum absolute atomic E-state index is 12.7. The fourth-order valence-corrected chi connectivity index (χ4v) is 3.39. The summed E-state index contributed by atoms with van der Waals surface area (Å²) in [5.74, 6) is -1.37. The van der Waals surface area contributed by atoms with Crippen LogP contribution in [0.25, 0.3) is 0 Å². The number of likely N-dealkylation sites (tertiary alicyclic amines) is 1. The lowest BCUT2D eigenvalue weighted by atomic mass is 10.2. The number of nitrogens with zero attached hydrogens (tertiary/aromatic N) is 3. The second-order valence-electron chi connectivity index (χ2n) is 6.70. The Morgan fingerprint density at radius 1 is 1.00 bits per heavy atom. The van der Waals surface area contributed by atoms with Gasteiger partial charge in [-0.2, -0.15) is 0 Å². The molecule has 27 heavy (non-hydrogen) atoms. The Morgan fingerprint density at radius 3 is 2.33 bits per heavy atom. The second-order valence-corrected chi connectivity index (χ2v) is 6.70. The predicted octanol–water partition coefficient (Wildman–Crippen LogP) is 1.71. The molecule has 1 aromatic carbocycles. The topological polar surface area (TPSA) is 82.8 Å². The molecule has 0 spiro atoms. The van der Waals surface area contributed by atoms with Crippen molar-refractivity contribution < 1.29 is 19.5 Å². The molecule has 1 aliphatic rings. The van der Waals surface area contributed by atoms with Gasteiger partial charge in [0.05, 0.1) is 13.1 Å². The molecule has 1 aromatic heterocycles. The van der Waals surface area contributed by atoms with E-state index in [1.807, 2.05) is 30.3 Å². The molecule has 142 valence electrons. The molecule has 1 atom stereocenters. The molecular weight excluding hydrogens is 346 g/mol. The van der Waals surface area contributed by atoms with E-state index in [1.165, 1.54) is 9.47 Å². The Morgan fingerprint density at radius 2 is 1.67 bits per heavy atom. The first-order chi connectivity index (χ1) is 13.0. The average Bonchev–Trinajstić information content (AvgIpc) is 3.34. The molecule has 0 saturated carbocycles. The van der Waals surface area contributed by atoms with Crippen LogP contribution in [0.5, 0.6) is 0 Å². The standard InChI is InChI=1S/C20H23N3O4/c24-18(22-10-4-5-11-22)14-21(13-16-7-2-1-3-8-16)15-19(25)23-12-6-9-17(23)20(26)27/h1-5,7-8,10-11,17H,6,9,12-15H2,(H,26,27)/t17-/m1/s1. The number of carbonyl (C=O) groups is 3. The van der Waals surface area contributed by atoms with E-state index in [0.717, 1.165) is 5.56 Å². The van der Waals surface area contributed by atoms with E-state index in [1.54, 1.807) is 29.4 Å². The number of carbonyl (C=O) groups excluding carboxylic acids is 2. The Hall–Kier alpha value is -2.93. The van der Waals surface area contributed by atoms with Crippen molar-refractivity contribution in [2.24, 2.45) is 0 Å². The normalized spacial score (nSPS) is 16.6. The molecule has 7 heteroatoms. The van der Waals surface area contributed by atoms with Crippen LogP contribution < -0.4 is 0 Å². The molecule has 1 N–H and O–H groups in total. The van der Waals surface area contributed by atoms with Gasteiger partial charge in [-0.05, 0) is 30.5 Å². The number of aliphatic carboxylic acids is 1. The molecular formula is C20H23N3O4. The SMILES string of the molecule is O=C(O)[C@H]1CCCN1C(=O)CN(CC(=O)n1cccc1)Cc1ccccc1. The number of carboxylic acids is 1. The second kappa shape index (κ2) is 8.64. The van der Waals surface area contributed by atoms with Gasteiger partial charge in [-0.3, -0.25) is 19.1 Å². The largest absolute Gasteiger partial charge is 0.480 e. The van der Waals surface area contributed by atoms with Crippen LogP contribution in [0.4, 0.5) is 0 Å². The maximum atomic E-state index is 12.7. The van der Waals surface area contributed by atoms with Gasteiger partial charge in [0.1, 0.15) is 6.04 Å². The fourth-order valence-electron chi connectivity index (χ4n) is 3.39. The Kier molecular flexibility index (Phi) is 6.03. The van der Waals surface area contributed by atoms with Gasteiger partial charge in [-0.1, -0.05) is 30.3 Å². The van der Waals surface area contributed by atoms with Gasteiger partial charge in [0.15, 0.2) is 0 Å². The third-order valence-corrected chi connectivity index (χ3v) is 4.72. The average molecular weight is 369 g/mol. The van der Waals surface area contributed by atoms with E-state index in [0.29, 0.717) is 25.9 Å². The summed E-state index contributed by atoms with van der Waals surface area (Å²) in [7, 11) is 0. The lowest BCUT2D eigenvalue weighted by Gasteiger charge is -2.26. The van der Waals surface area contributed by atoms with Crippen molar-refractivity contribution in [3.05, 3.63) is 60.4 Å². The van der Waals surface area contributed by atoms with Crippen molar-refractivity contribution in [2.45, 2.75) is 25.4 Å². The van der Waals surface area contributed by atoms with Gasteiger partial charge in [0.25, 0.3) is 0 Å². The molecule has 7 nitrogen and oxygen atoms in total. The monoisotopic (exact) mass is 369 g/mol. The lowest BCUT2D eigenvalue weighted by Crippen LogP contribution is -2.46. The quantitative estimate of drug-likeness (QED) is 0.803. The zero-order valence-electron chi connectivity index (χ0n) is 15.0. The molecule has 2 heterocycles. The number of hydrogen-bond acceptors (Lipinski definition) is 4. The summed E-state index contributed by atoms with van der Waals surface area (Å²) in [5, 5.41) is 9.31. The van der Waals surface area contributed by atoms with Crippen LogP contribution in [0.1, 0.15) is 23.2 Å². The van der Waals surface area contributed by atoms with E-state index < -0.39 is 12.0 Å². The van der Waals surface area contributed by atoms with Crippen molar-refractivity contribution >= 4 is 17.8 Å². The summed E-state index contributed by atoms with van der Waals surface area (Å²) in [5.41, 5.74) is 0.988. The molecule has 0 bridgehead atoms. The molecule has 2 aromatic rings. The highest BCUT2D eigenvalue weighted by Gasteiger charge is 2.34. The summed E-state index contributed by atoms with van der Waals surface area (Å²) in [6.45, 7) is 0.957. The number of amides is 1. The molecule has 0 aliphatic carbocycles. The molecule has 0 radical (unpaired) electrons. The van der Waals surface area contributed by atoms with E-state index in [2.05, 4.69) is 0 Å². The zero-order chi connectivity index (χ0) is 19.2. The first-order valence-corrected chi connectivity index (χ1v) is 8.99. The summed E-state index contributed by atoms with van der Waals surface area (Å²) in [6.07, 6.45) is 4.50. The van der Waals surface area contributed by atoms with Gasteiger partial charge in [-0.15, -0.1) is 0 Å². The highest BCUT2D eigenvalue weighted by molar-refractivity contribution is 5.86. The number of carboxylic acid groups (broad SMARTS) is 1. The number of benzene rings is 1. The summed E-state index contributed by atoms with van der Waals surface area (Å²) in [4.78, 5) is 39.8. The first kappa shape index (κ1) is 18.8. The third kappa shape index (κ3) is 4.83. The highest BCUT2D eigenvalue weighted by atomic mass is 16.4. The summed E-state index contributed by atoms with van der Waals surface area (Å²) < 4.78 is 1.48. The third-order valence-electron chi connectivity index (χ3n) is 4.72. The zero-order valence-corrected chi connectivity index (χ0v) is 15.0. The lowest BCUT2D eigenvalue weighted by molar-refractivity contribution is -0.148. The van der Waals surface area contributed by atoms with Gasteiger partial charge >= 0.3 is 5.97 Å². The minimum Gasteiger partial charge on any atom is -0.480 e. The Labute approximate surface area is 157 Å². The maximum Gasteiger partial charge on any atom is 0.326 e. The Bertz CT molecular complexity index is 789. The minimum atomic E-state index is -0.973. The van der Waals surface area contributed by atoms with Crippen LogP contribution in [0.3, 0.4) is 0 Å². The van der Waals surface area contributed by atoms with Crippen molar-refractivity contribution in [3.63, 3.8) is 0 Å². The van der Waals surface area contributed by atoms with E-state index in [4.69, 9.17) is 0 Å². The van der Waals surface area contributed by atoms with Crippen LogP contribution in [-0.4, -0.2) is 62.9 Å². The molecule has 3 rings (SSSR count). The van der Waals surface area contributed by atoms with Gasteiger partial charge < -0.3 is 10.0 Å². The number of rotatable bonds is 7. The first-order valence-electron chi connectivity index (χ1n) is 8.99. The van der Waals surface area contributed by atoms with Crippen molar-refractivity contribution in [3.8, 4) is 0 Å². The molecule has 1 amide bonds. The molecule has 0 unspecified atom stereocenters. The predicted molar refractivity (Wildman–Crippen MR) is 99.1 cm³/mol. The number of hydrogen-bond donors (Lipinski definition) is 1. The van der Waals surface area contributed by atoms with E-state index >= 15 is 0 Å². The highest BCUT2D eigenvalue weighted by Crippen LogP contribution is 2.18. The molecule has 1 aliphatic heterocycles. The number of aromatic nitrogens is 1. The van der Waals surface area contributed by atoms with Gasteiger partial charge in [0.2, 0.25) is 11.8 Å². The van der Waals surface area contributed by atoms with E-state index in [9.17, 15) is 19.5 Å². The van der Waals surface area contributed by atoms with Crippen molar-refractivity contribution in [1.82, 2.24) is 14.4 Å². The van der Waals surface area contributed by atoms with Crippen LogP contribution in [0, 0.1) is 0 Å². The van der Waals surface area contributed by atoms with Gasteiger partial charge in [-0.25, -0.2) is 4.79 Å². The fraction of sp³-hybridized carbons (Fsp3) is 0.350.